The van der Waals surface area contributed by atoms with E-state index in [4.69, 9.17) is 0 Å². The summed E-state index contributed by atoms with van der Waals surface area (Å²) in [4.78, 5) is 0. The highest BCUT2D eigenvalue weighted by atomic mass is 32.2. The lowest BCUT2D eigenvalue weighted by molar-refractivity contribution is 0.673. The number of nitrogens with zero attached hydrogens (tertiary/aromatic N) is 2. The van der Waals surface area contributed by atoms with Crippen LogP contribution in [0, 0.1) is 0 Å². The monoisotopic (exact) mass is 291 g/mol. The third-order valence-corrected chi connectivity index (χ3v) is 5.56. The molecule has 1 heterocycles. The molecule has 100 valence electrons. The van der Waals surface area contributed by atoms with E-state index in [1.807, 2.05) is 11.8 Å². The first-order chi connectivity index (χ1) is 9.36. The number of benzene rings is 1. The smallest absolute Gasteiger partial charge is 0.206 e. The van der Waals surface area contributed by atoms with E-state index in [0.29, 0.717) is 5.25 Å². The highest BCUT2D eigenvalue weighted by Crippen LogP contribution is 2.44. The second-order valence-electron chi connectivity index (χ2n) is 4.60. The van der Waals surface area contributed by atoms with E-state index in [0.717, 1.165) is 16.0 Å². The van der Waals surface area contributed by atoms with Crippen LogP contribution in [0.25, 0.3) is 0 Å². The van der Waals surface area contributed by atoms with Crippen molar-refractivity contribution in [3.63, 3.8) is 0 Å². The van der Waals surface area contributed by atoms with E-state index in [2.05, 4.69) is 46.7 Å². The van der Waals surface area contributed by atoms with E-state index in [1.165, 1.54) is 30.4 Å². The van der Waals surface area contributed by atoms with Gasteiger partial charge >= 0.3 is 0 Å². The maximum Gasteiger partial charge on any atom is 0.206 e. The van der Waals surface area contributed by atoms with Crippen LogP contribution in [0.15, 0.2) is 28.6 Å². The predicted molar refractivity (Wildman–Crippen MR) is 82.1 cm³/mol. The molecule has 0 aliphatic heterocycles. The van der Waals surface area contributed by atoms with Crippen LogP contribution in [0.3, 0.4) is 0 Å². The number of anilines is 1. The lowest BCUT2D eigenvalue weighted by Gasteiger charge is -2.23. The minimum Gasteiger partial charge on any atom is -0.360 e. The van der Waals surface area contributed by atoms with Gasteiger partial charge in [-0.05, 0) is 37.3 Å². The Bertz CT molecular complexity index is 553. The van der Waals surface area contributed by atoms with E-state index < -0.39 is 0 Å². The van der Waals surface area contributed by atoms with Crippen LogP contribution in [0.1, 0.15) is 36.1 Å². The van der Waals surface area contributed by atoms with Crippen molar-refractivity contribution < 1.29 is 0 Å². The van der Waals surface area contributed by atoms with Crippen molar-refractivity contribution >= 4 is 28.2 Å². The minimum atomic E-state index is 0.535. The maximum atomic E-state index is 4.27. The van der Waals surface area contributed by atoms with Gasteiger partial charge in [0.05, 0.1) is 0 Å². The van der Waals surface area contributed by atoms with Gasteiger partial charge in [0, 0.05) is 11.8 Å². The molecule has 0 spiro atoms. The average Bonchev–Trinajstić information content (AvgIpc) is 2.87. The molecule has 0 fully saturated rings. The minimum absolute atomic E-state index is 0.535. The summed E-state index contributed by atoms with van der Waals surface area (Å²) in [5.41, 5.74) is 2.99. The highest BCUT2D eigenvalue weighted by molar-refractivity contribution is 8.01. The van der Waals surface area contributed by atoms with Gasteiger partial charge in [0.15, 0.2) is 4.34 Å². The lowest BCUT2D eigenvalue weighted by Crippen LogP contribution is -2.06. The van der Waals surface area contributed by atoms with Gasteiger partial charge in [-0.25, -0.2) is 0 Å². The van der Waals surface area contributed by atoms with Gasteiger partial charge in [-0.1, -0.05) is 47.4 Å². The molecular formula is C14H17N3S2. The molecule has 2 aromatic rings. The Morgan fingerprint density at radius 1 is 1.37 bits per heavy atom. The molecule has 1 aromatic carbocycles. The Morgan fingerprint density at radius 3 is 3.16 bits per heavy atom. The molecule has 0 saturated heterocycles. The number of rotatable bonds is 4. The van der Waals surface area contributed by atoms with Crippen molar-refractivity contribution in [2.75, 3.05) is 11.9 Å². The van der Waals surface area contributed by atoms with Gasteiger partial charge in [0.25, 0.3) is 0 Å². The second-order valence-corrected chi connectivity index (χ2v) is 7.03. The molecule has 3 rings (SSSR count). The zero-order valence-electron chi connectivity index (χ0n) is 10.9. The lowest BCUT2D eigenvalue weighted by atomic mass is 9.91. The van der Waals surface area contributed by atoms with Gasteiger partial charge in [-0.3, -0.25) is 0 Å². The van der Waals surface area contributed by atoms with E-state index >= 15 is 0 Å². The first kappa shape index (κ1) is 12.9. The Morgan fingerprint density at radius 2 is 2.26 bits per heavy atom. The van der Waals surface area contributed by atoms with Gasteiger partial charge in [-0.15, -0.1) is 10.2 Å². The molecule has 0 bridgehead atoms. The van der Waals surface area contributed by atoms with Crippen molar-refractivity contribution in [3.05, 3.63) is 35.4 Å². The summed E-state index contributed by atoms with van der Waals surface area (Å²) in [6.07, 6.45) is 3.72. The molecule has 19 heavy (non-hydrogen) atoms. The number of hydrogen-bond donors (Lipinski definition) is 1. The number of hydrogen-bond acceptors (Lipinski definition) is 5. The standard InChI is InChI=1S/C14H17N3S2/c1-2-15-13-16-17-14(19-13)18-12-9-5-7-10-6-3-4-8-11(10)12/h3-4,6,8,12H,2,5,7,9H2,1H3,(H,15,16)/t12-/m1/s1. The summed E-state index contributed by atoms with van der Waals surface area (Å²) in [6.45, 7) is 2.97. The molecule has 1 aliphatic rings. The van der Waals surface area contributed by atoms with Gasteiger partial charge < -0.3 is 5.32 Å². The fourth-order valence-corrected chi connectivity index (χ4v) is 4.73. The third kappa shape index (κ3) is 2.92. The maximum absolute atomic E-state index is 4.27. The van der Waals surface area contributed by atoms with E-state index in [-0.39, 0.29) is 0 Å². The summed E-state index contributed by atoms with van der Waals surface area (Å²) in [5, 5.41) is 13.1. The second kappa shape index (κ2) is 5.92. The van der Waals surface area contributed by atoms with Crippen LogP contribution in [0.2, 0.25) is 0 Å². The fraction of sp³-hybridized carbons (Fsp3) is 0.429. The molecule has 1 atom stereocenters. The molecule has 0 radical (unpaired) electrons. The van der Waals surface area contributed by atoms with Gasteiger partial charge in [0.2, 0.25) is 5.13 Å². The van der Waals surface area contributed by atoms with Crippen LogP contribution in [-0.4, -0.2) is 16.7 Å². The first-order valence-electron chi connectivity index (χ1n) is 6.68. The largest absolute Gasteiger partial charge is 0.360 e. The molecule has 1 N–H and O–H groups in total. The molecule has 0 unspecified atom stereocenters. The van der Waals surface area contributed by atoms with Gasteiger partial charge in [0.1, 0.15) is 0 Å². The van der Waals surface area contributed by atoms with Crippen LogP contribution in [-0.2, 0) is 6.42 Å². The summed E-state index contributed by atoms with van der Waals surface area (Å²) >= 11 is 3.51. The average molecular weight is 291 g/mol. The Kier molecular flexibility index (Phi) is 4.03. The third-order valence-electron chi connectivity index (χ3n) is 3.29. The number of thioether (sulfide) groups is 1. The SMILES string of the molecule is CCNc1nnc(S[C@@H]2CCCc3ccccc32)s1. The number of aromatic nitrogens is 2. The van der Waals surface area contributed by atoms with Crippen molar-refractivity contribution in [2.24, 2.45) is 0 Å². The highest BCUT2D eigenvalue weighted by Gasteiger charge is 2.22. The van der Waals surface area contributed by atoms with Crippen molar-refractivity contribution in [2.45, 2.75) is 35.8 Å². The van der Waals surface area contributed by atoms with E-state index in [1.54, 1.807) is 11.3 Å². The Labute approximate surface area is 121 Å². The molecule has 5 heteroatoms. The summed E-state index contributed by atoms with van der Waals surface area (Å²) in [6, 6.07) is 8.80. The van der Waals surface area contributed by atoms with Crippen LogP contribution >= 0.6 is 23.1 Å². The molecule has 1 aliphatic carbocycles. The summed E-state index contributed by atoms with van der Waals surface area (Å²) < 4.78 is 1.07. The Hall–Kier alpha value is -1.07. The molecule has 1 aromatic heterocycles. The molecular weight excluding hydrogens is 274 g/mol. The zero-order chi connectivity index (χ0) is 13.1. The normalized spacial score (nSPS) is 18.1. The summed E-state index contributed by atoms with van der Waals surface area (Å²) in [5.74, 6) is 0. The molecule has 3 nitrogen and oxygen atoms in total. The first-order valence-corrected chi connectivity index (χ1v) is 8.38. The number of fused-ring (bicyclic) bond motifs is 1. The number of nitrogens with one attached hydrogen (secondary N) is 1. The Balaban J connectivity index is 1.76. The molecule has 0 amide bonds. The fourth-order valence-electron chi connectivity index (χ4n) is 2.43. The zero-order valence-corrected chi connectivity index (χ0v) is 12.6. The van der Waals surface area contributed by atoms with Crippen LogP contribution in [0.5, 0.6) is 0 Å². The van der Waals surface area contributed by atoms with Crippen molar-refractivity contribution in [3.8, 4) is 0 Å². The summed E-state index contributed by atoms with van der Waals surface area (Å²) in [7, 11) is 0. The van der Waals surface area contributed by atoms with Crippen molar-refractivity contribution in [1.29, 1.82) is 0 Å². The van der Waals surface area contributed by atoms with Crippen LogP contribution < -0.4 is 5.32 Å². The predicted octanol–water partition coefficient (Wildman–Crippen LogP) is 4.14. The van der Waals surface area contributed by atoms with Crippen molar-refractivity contribution in [1.82, 2.24) is 10.2 Å². The molecule has 0 saturated carbocycles. The number of aryl methyl sites for hydroxylation is 1. The van der Waals surface area contributed by atoms with Crippen LogP contribution in [0.4, 0.5) is 5.13 Å². The van der Waals surface area contributed by atoms with Gasteiger partial charge in [-0.2, -0.15) is 0 Å². The van der Waals surface area contributed by atoms with E-state index in [9.17, 15) is 0 Å². The quantitative estimate of drug-likeness (QED) is 0.918. The topological polar surface area (TPSA) is 37.8 Å².